The van der Waals surface area contributed by atoms with Crippen molar-refractivity contribution < 1.29 is 0 Å². The molecule has 0 amide bonds. The lowest BCUT2D eigenvalue weighted by Gasteiger charge is -2.32. The summed E-state index contributed by atoms with van der Waals surface area (Å²) in [6, 6.07) is 62.3. The minimum Gasteiger partial charge on any atom is -0.310 e. The third-order valence-corrected chi connectivity index (χ3v) is 11.3. The molecule has 0 N–H and O–H groups in total. The molecule has 2 aliphatic carbocycles. The van der Waals surface area contributed by atoms with E-state index in [1.165, 1.54) is 71.6 Å². The van der Waals surface area contributed by atoms with Crippen molar-refractivity contribution in [1.29, 1.82) is 5.26 Å². The SMILES string of the molecule is CC(C)c1ccc(N(c2ccc(C#N)cc2)c2ccc3c4c(ccc3c2)-c2c(ccc3ccccc23)C42c3ccccc3-c3ccccc32)cc1. The Morgan fingerprint density at radius 1 is 0.510 bits per heavy atom. The van der Waals surface area contributed by atoms with Gasteiger partial charge in [0.25, 0.3) is 0 Å². The molecule has 0 saturated heterocycles. The highest BCUT2D eigenvalue weighted by molar-refractivity contribution is 6.11. The van der Waals surface area contributed by atoms with Gasteiger partial charge in [-0.15, -0.1) is 0 Å². The van der Waals surface area contributed by atoms with E-state index in [-0.39, 0.29) is 0 Å². The third-order valence-electron chi connectivity index (χ3n) is 11.3. The van der Waals surface area contributed by atoms with E-state index < -0.39 is 5.41 Å². The first kappa shape index (κ1) is 29.5. The van der Waals surface area contributed by atoms with Crippen LogP contribution in [0.3, 0.4) is 0 Å². The molecule has 0 atom stereocenters. The van der Waals surface area contributed by atoms with Crippen LogP contribution in [0.15, 0.2) is 164 Å². The lowest BCUT2D eigenvalue weighted by Crippen LogP contribution is -2.26. The van der Waals surface area contributed by atoms with Crippen molar-refractivity contribution >= 4 is 38.6 Å². The number of fused-ring (bicyclic) bond motifs is 14. The maximum atomic E-state index is 9.55. The normalized spacial score (nSPS) is 13.2. The molecule has 0 heterocycles. The van der Waals surface area contributed by atoms with Gasteiger partial charge in [-0.25, -0.2) is 0 Å². The second kappa shape index (κ2) is 11.0. The lowest BCUT2D eigenvalue weighted by atomic mass is 9.69. The maximum absolute atomic E-state index is 9.55. The van der Waals surface area contributed by atoms with Gasteiger partial charge >= 0.3 is 0 Å². The van der Waals surface area contributed by atoms with Crippen LogP contribution >= 0.6 is 0 Å². The van der Waals surface area contributed by atoms with E-state index in [2.05, 4.69) is 164 Å². The average molecular weight is 651 g/mol. The van der Waals surface area contributed by atoms with E-state index in [1.807, 2.05) is 24.3 Å². The van der Waals surface area contributed by atoms with Crippen molar-refractivity contribution in [2.24, 2.45) is 0 Å². The molecule has 0 aromatic heterocycles. The molecule has 8 aromatic carbocycles. The van der Waals surface area contributed by atoms with E-state index in [4.69, 9.17) is 0 Å². The Labute approximate surface area is 298 Å². The van der Waals surface area contributed by atoms with Gasteiger partial charge in [0.2, 0.25) is 0 Å². The number of hydrogen-bond acceptors (Lipinski definition) is 2. The first-order valence-electron chi connectivity index (χ1n) is 17.8. The largest absolute Gasteiger partial charge is 0.310 e. The number of anilines is 3. The van der Waals surface area contributed by atoms with Crippen LogP contribution < -0.4 is 4.90 Å². The van der Waals surface area contributed by atoms with Gasteiger partial charge in [-0.05, 0) is 126 Å². The van der Waals surface area contributed by atoms with Crippen LogP contribution in [-0.4, -0.2) is 0 Å². The molecule has 0 saturated carbocycles. The molecule has 0 unspecified atom stereocenters. The number of rotatable bonds is 4. The Kier molecular flexibility index (Phi) is 6.38. The fraction of sp³-hybridized carbons (Fsp3) is 0.0816. The van der Waals surface area contributed by atoms with Gasteiger partial charge in [-0.1, -0.05) is 129 Å². The molecular formula is C49H34N2. The maximum Gasteiger partial charge on any atom is 0.0991 e. The highest BCUT2D eigenvalue weighted by Crippen LogP contribution is 2.65. The molecule has 240 valence electrons. The number of benzene rings is 8. The first-order chi connectivity index (χ1) is 25.1. The van der Waals surface area contributed by atoms with Gasteiger partial charge in [-0.3, -0.25) is 0 Å². The quantitative estimate of drug-likeness (QED) is 0.189. The average Bonchev–Trinajstić information content (AvgIpc) is 3.66. The smallest absolute Gasteiger partial charge is 0.0991 e. The molecule has 10 rings (SSSR count). The summed E-state index contributed by atoms with van der Waals surface area (Å²) in [5.74, 6) is 0.449. The molecule has 51 heavy (non-hydrogen) atoms. The summed E-state index contributed by atoms with van der Waals surface area (Å²) in [5, 5.41) is 14.6. The fourth-order valence-electron chi connectivity index (χ4n) is 9.01. The predicted octanol–water partition coefficient (Wildman–Crippen LogP) is 12.8. The van der Waals surface area contributed by atoms with Gasteiger partial charge in [-0.2, -0.15) is 5.26 Å². The predicted molar refractivity (Wildman–Crippen MR) is 211 cm³/mol. The fourth-order valence-corrected chi connectivity index (χ4v) is 9.01. The Bertz CT molecular complexity index is 2680. The lowest BCUT2D eigenvalue weighted by molar-refractivity contribution is 0.802. The summed E-state index contributed by atoms with van der Waals surface area (Å²) < 4.78 is 0. The van der Waals surface area contributed by atoms with Crippen molar-refractivity contribution in [3.8, 4) is 28.3 Å². The molecule has 2 heteroatoms. The summed E-state index contributed by atoms with van der Waals surface area (Å²) in [6.45, 7) is 4.45. The zero-order chi connectivity index (χ0) is 34.3. The van der Waals surface area contributed by atoms with Crippen molar-refractivity contribution in [3.63, 3.8) is 0 Å². The second-order valence-electron chi connectivity index (χ2n) is 14.2. The van der Waals surface area contributed by atoms with Gasteiger partial charge in [0.1, 0.15) is 0 Å². The molecule has 0 radical (unpaired) electrons. The molecular weight excluding hydrogens is 617 g/mol. The van der Waals surface area contributed by atoms with Crippen LogP contribution in [0.4, 0.5) is 17.1 Å². The van der Waals surface area contributed by atoms with Crippen LogP contribution in [0.1, 0.15) is 53.1 Å². The Morgan fingerprint density at radius 3 is 1.80 bits per heavy atom. The summed E-state index contributed by atoms with van der Waals surface area (Å²) in [5.41, 5.74) is 15.4. The number of hydrogen-bond donors (Lipinski definition) is 0. The number of nitrogens with zero attached hydrogens (tertiary/aromatic N) is 2. The van der Waals surface area contributed by atoms with Gasteiger partial charge < -0.3 is 4.90 Å². The molecule has 2 nitrogen and oxygen atoms in total. The van der Waals surface area contributed by atoms with Crippen molar-refractivity contribution in [1.82, 2.24) is 0 Å². The van der Waals surface area contributed by atoms with Crippen molar-refractivity contribution in [2.45, 2.75) is 25.2 Å². The van der Waals surface area contributed by atoms with Crippen molar-refractivity contribution in [3.05, 3.63) is 197 Å². The molecule has 1 spiro atoms. The third kappa shape index (κ3) is 4.10. The minimum absolute atomic E-state index is 0.442. The molecule has 0 bridgehead atoms. The van der Waals surface area contributed by atoms with E-state index in [0.29, 0.717) is 11.5 Å². The van der Waals surface area contributed by atoms with Crippen LogP contribution in [-0.2, 0) is 5.41 Å². The highest BCUT2D eigenvalue weighted by atomic mass is 15.1. The van der Waals surface area contributed by atoms with Gasteiger partial charge in [0.05, 0.1) is 17.0 Å². The second-order valence-corrected chi connectivity index (χ2v) is 14.2. The Hall–Kier alpha value is -6.43. The Morgan fingerprint density at radius 2 is 1.12 bits per heavy atom. The van der Waals surface area contributed by atoms with Gasteiger partial charge in [0.15, 0.2) is 0 Å². The minimum atomic E-state index is -0.442. The molecule has 8 aromatic rings. The summed E-state index contributed by atoms with van der Waals surface area (Å²) in [7, 11) is 0. The van der Waals surface area contributed by atoms with Crippen LogP contribution in [0, 0.1) is 11.3 Å². The molecule has 2 aliphatic rings. The van der Waals surface area contributed by atoms with E-state index in [9.17, 15) is 5.26 Å². The van der Waals surface area contributed by atoms with E-state index >= 15 is 0 Å². The summed E-state index contributed by atoms with van der Waals surface area (Å²) in [4.78, 5) is 2.30. The summed E-state index contributed by atoms with van der Waals surface area (Å²) >= 11 is 0. The first-order valence-corrected chi connectivity index (χ1v) is 17.8. The monoisotopic (exact) mass is 650 g/mol. The topological polar surface area (TPSA) is 27.0 Å². The van der Waals surface area contributed by atoms with Crippen molar-refractivity contribution in [2.75, 3.05) is 4.90 Å². The van der Waals surface area contributed by atoms with E-state index in [0.717, 1.165) is 17.1 Å². The standard InChI is InChI=1S/C49H34N2/c1-31(2)33-17-23-37(24-18-33)51(36-21-15-32(30-50)16-22-36)38-25-27-40-35(29-38)19-26-43-47-39-10-4-3-9-34(39)20-28-46(47)49(48(40)43)44-13-7-5-11-41(44)42-12-6-8-14-45(42)49/h3-29,31H,1-2H3. The molecule has 0 aliphatic heterocycles. The van der Waals surface area contributed by atoms with E-state index in [1.54, 1.807) is 0 Å². The van der Waals surface area contributed by atoms with Gasteiger partial charge in [0, 0.05) is 17.1 Å². The zero-order valence-corrected chi connectivity index (χ0v) is 28.6. The summed E-state index contributed by atoms with van der Waals surface area (Å²) in [6.07, 6.45) is 0. The Balaban J connectivity index is 1.26. The number of nitriles is 1. The zero-order valence-electron chi connectivity index (χ0n) is 28.6. The van der Waals surface area contributed by atoms with Crippen LogP contribution in [0.25, 0.3) is 43.8 Å². The highest BCUT2D eigenvalue weighted by Gasteiger charge is 2.52. The van der Waals surface area contributed by atoms with Crippen LogP contribution in [0.2, 0.25) is 0 Å². The molecule has 0 fully saturated rings. The van der Waals surface area contributed by atoms with Crippen LogP contribution in [0.5, 0.6) is 0 Å².